The van der Waals surface area contributed by atoms with E-state index >= 15 is 0 Å². The molecule has 2 rings (SSSR count). The van der Waals surface area contributed by atoms with Crippen LogP contribution in [-0.4, -0.2) is 21.0 Å². The Kier molecular flexibility index (Phi) is 1.87. The maximum atomic E-state index is 11.1. The fourth-order valence-electron chi connectivity index (χ4n) is 1.46. The Bertz CT molecular complexity index is 438. The van der Waals surface area contributed by atoms with E-state index in [9.17, 15) is 9.59 Å². The molecule has 2 atom stereocenters. The SMILES string of the molecule is C[C@H]1C[C@@H]1c1nc(C(=O)O)cc(=O)[nH]1. The number of carbonyl (C=O) groups is 1. The Balaban J connectivity index is 2.42. The fourth-order valence-corrected chi connectivity index (χ4v) is 1.46. The highest BCUT2D eigenvalue weighted by molar-refractivity contribution is 5.85. The van der Waals surface area contributed by atoms with Gasteiger partial charge in [0, 0.05) is 12.0 Å². The van der Waals surface area contributed by atoms with Crippen molar-refractivity contribution in [3.63, 3.8) is 0 Å². The Morgan fingerprint density at radius 3 is 2.86 bits per heavy atom. The highest BCUT2D eigenvalue weighted by Crippen LogP contribution is 2.44. The molecule has 0 unspecified atom stereocenters. The van der Waals surface area contributed by atoms with Crippen molar-refractivity contribution in [2.75, 3.05) is 0 Å². The lowest BCUT2D eigenvalue weighted by Crippen LogP contribution is -2.15. The van der Waals surface area contributed by atoms with Gasteiger partial charge in [0.1, 0.15) is 5.82 Å². The molecule has 14 heavy (non-hydrogen) atoms. The van der Waals surface area contributed by atoms with Crippen molar-refractivity contribution >= 4 is 5.97 Å². The van der Waals surface area contributed by atoms with Crippen LogP contribution in [0.25, 0.3) is 0 Å². The third-order valence-corrected chi connectivity index (χ3v) is 2.44. The monoisotopic (exact) mass is 194 g/mol. The van der Waals surface area contributed by atoms with Gasteiger partial charge in [-0.3, -0.25) is 4.79 Å². The van der Waals surface area contributed by atoms with Gasteiger partial charge in [-0.1, -0.05) is 6.92 Å². The molecule has 1 heterocycles. The molecule has 0 aliphatic heterocycles. The number of H-pyrrole nitrogens is 1. The van der Waals surface area contributed by atoms with Crippen LogP contribution in [0.15, 0.2) is 10.9 Å². The van der Waals surface area contributed by atoms with E-state index in [1.807, 2.05) is 6.92 Å². The first-order valence-corrected chi connectivity index (χ1v) is 4.42. The van der Waals surface area contributed by atoms with Crippen LogP contribution in [0.1, 0.15) is 35.6 Å². The number of rotatable bonds is 2. The molecule has 1 saturated carbocycles. The molecule has 0 spiro atoms. The van der Waals surface area contributed by atoms with Crippen molar-refractivity contribution in [1.82, 2.24) is 9.97 Å². The van der Waals surface area contributed by atoms with Crippen LogP contribution in [0.4, 0.5) is 0 Å². The Hall–Kier alpha value is -1.65. The molecule has 1 fully saturated rings. The predicted octanol–water partition coefficient (Wildman–Crippen LogP) is 0.591. The summed E-state index contributed by atoms with van der Waals surface area (Å²) >= 11 is 0. The second-order valence-corrected chi connectivity index (χ2v) is 3.64. The zero-order valence-electron chi connectivity index (χ0n) is 7.65. The van der Waals surface area contributed by atoms with E-state index < -0.39 is 11.5 Å². The van der Waals surface area contributed by atoms with Gasteiger partial charge in [0.2, 0.25) is 0 Å². The maximum Gasteiger partial charge on any atom is 0.354 e. The maximum absolute atomic E-state index is 11.1. The molecular formula is C9H10N2O3. The third-order valence-electron chi connectivity index (χ3n) is 2.44. The number of hydrogen-bond acceptors (Lipinski definition) is 3. The molecule has 1 aromatic heterocycles. The first-order chi connectivity index (χ1) is 6.58. The number of carboxylic acid groups (broad SMARTS) is 1. The average Bonchev–Trinajstić information content (AvgIpc) is 2.81. The highest BCUT2D eigenvalue weighted by Gasteiger charge is 2.36. The van der Waals surface area contributed by atoms with Crippen molar-refractivity contribution < 1.29 is 9.90 Å². The predicted molar refractivity (Wildman–Crippen MR) is 48.3 cm³/mol. The van der Waals surface area contributed by atoms with E-state index in [1.165, 1.54) is 0 Å². The number of aromatic carboxylic acids is 1. The lowest BCUT2D eigenvalue weighted by molar-refractivity contribution is 0.0689. The van der Waals surface area contributed by atoms with Crippen LogP contribution in [0, 0.1) is 5.92 Å². The summed E-state index contributed by atoms with van der Waals surface area (Å²) in [6.07, 6.45) is 0.964. The minimum Gasteiger partial charge on any atom is -0.477 e. The molecule has 0 amide bonds. The smallest absolute Gasteiger partial charge is 0.354 e. The van der Waals surface area contributed by atoms with Gasteiger partial charge in [0.15, 0.2) is 5.69 Å². The number of nitrogens with one attached hydrogen (secondary N) is 1. The average molecular weight is 194 g/mol. The van der Waals surface area contributed by atoms with Gasteiger partial charge >= 0.3 is 5.97 Å². The van der Waals surface area contributed by atoms with Gasteiger partial charge in [-0.2, -0.15) is 0 Å². The summed E-state index contributed by atoms with van der Waals surface area (Å²) < 4.78 is 0. The van der Waals surface area contributed by atoms with E-state index in [0.717, 1.165) is 12.5 Å². The van der Waals surface area contributed by atoms with Crippen LogP contribution >= 0.6 is 0 Å². The number of aromatic amines is 1. The lowest BCUT2D eigenvalue weighted by atomic mass is 10.3. The molecule has 1 aliphatic rings. The number of nitrogens with zero attached hydrogens (tertiary/aromatic N) is 1. The van der Waals surface area contributed by atoms with Crippen LogP contribution in [0.2, 0.25) is 0 Å². The topological polar surface area (TPSA) is 83.0 Å². The molecule has 0 aromatic carbocycles. The van der Waals surface area contributed by atoms with Crippen LogP contribution in [0.3, 0.4) is 0 Å². The molecule has 0 saturated heterocycles. The molecule has 74 valence electrons. The Morgan fingerprint density at radius 2 is 2.36 bits per heavy atom. The van der Waals surface area contributed by atoms with Gasteiger partial charge in [-0.25, -0.2) is 9.78 Å². The van der Waals surface area contributed by atoms with Gasteiger partial charge in [0.25, 0.3) is 5.56 Å². The minimum atomic E-state index is -1.16. The van der Waals surface area contributed by atoms with Crippen LogP contribution < -0.4 is 5.56 Å². The van der Waals surface area contributed by atoms with Crippen molar-refractivity contribution in [3.05, 3.63) is 27.9 Å². The van der Waals surface area contributed by atoms with Crippen LogP contribution in [0.5, 0.6) is 0 Å². The summed E-state index contributed by atoms with van der Waals surface area (Å²) in [4.78, 5) is 28.2. The van der Waals surface area contributed by atoms with Crippen molar-refractivity contribution in [2.24, 2.45) is 5.92 Å². The van der Waals surface area contributed by atoms with Gasteiger partial charge in [-0.15, -0.1) is 0 Å². The standard InChI is InChI=1S/C9H10N2O3/c1-4-2-5(4)8-10-6(9(13)14)3-7(12)11-8/h3-5H,2H2,1H3,(H,13,14)(H,10,11,12)/t4-,5-/m0/s1. The molecule has 0 radical (unpaired) electrons. The molecule has 1 aliphatic carbocycles. The summed E-state index contributed by atoms with van der Waals surface area (Å²) in [5.41, 5.74) is -0.575. The Labute approximate surface area is 79.8 Å². The van der Waals surface area contributed by atoms with Crippen molar-refractivity contribution in [1.29, 1.82) is 0 Å². The first-order valence-electron chi connectivity index (χ1n) is 4.42. The minimum absolute atomic E-state index is 0.178. The molecule has 5 heteroatoms. The van der Waals surface area contributed by atoms with Gasteiger partial charge in [-0.05, 0) is 12.3 Å². The molecular weight excluding hydrogens is 184 g/mol. The zero-order valence-corrected chi connectivity index (χ0v) is 7.65. The summed E-state index contributed by atoms with van der Waals surface area (Å²) in [5, 5.41) is 8.69. The highest BCUT2D eigenvalue weighted by atomic mass is 16.4. The van der Waals surface area contributed by atoms with Crippen molar-refractivity contribution in [2.45, 2.75) is 19.3 Å². The zero-order chi connectivity index (χ0) is 10.3. The number of aromatic nitrogens is 2. The first kappa shape index (κ1) is 8.93. The summed E-state index contributed by atoms with van der Waals surface area (Å²) in [6, 6.07) is 0.999. The van der Waals surface area contributed by atoms with Crippen LogP contribution in [-0.2, 0) is 0 Å². The third kappa shape index (κ3) is 1.53. The van der Waals surface area contributed by atoms with Crippen molar-refractivity contribution in [3.8, 4) is 0 Å². The summed E-state index contributed by atoms with van der Waals surface area (Å²) in [7, 11) is 0. The van der Waals surface area contributed by atoms with E-state index in [4.69, 9.17) is 5.11 Å². The van der Waals surface area contributed by atoms with E-state index in [1.54, 1.807) is 0 Å². The Morgan fingerprint density at radius 1 is 1.71 bits per heavy atom. The molecule has 5 nitrogen and oxygen atoms in total. The quantitative estimate of drug-likeness (QED) is 0.721. The summed E-state index contributed by atoms with van der Waals surface area (Å²) in [6.45, 7) is 2.04. The van der Waals surface area contributed by atoms with Gasteiger partial charge < -0.3 is 10.1 Å². The fraction of sp³-hybridized carbons (Fsp3) is 0.444. The van der Waals surface area contributed by atoms with Gasteiger partial charge in [0.05, 0.1) is 0 Å². The second kappa shape index (κ2) is 2.94. The molecule has 1 aromatic rings. The number of hydrogen-bond donors (Lipinski definition) is 2. The normalized spacial score (nSPS) is 24.6. The second-order valence-electron chi connectivity index (χ2n) is 3.64. The summed E-state index contributed by atoms with van der Waals surface area (Å²) in [5.74, 6) is 0.0530. The number of carboxylic acids is 1. The van der Waals surface area contributed by atoms with E-state index in [0.29, 0.717) is 11.7 Å². The molecule has 2 N–H and O–H groups in total. The molecule has 0 bridgehead atoms. The van der Waals surface area contributed by atoms with E-state index in [2.05, 4.69) is 9.97 Å². The largest absolute Gasteiger partial charge is 0.477 e. The lowest BCUT2D eigenvalue weighted by Gasteiger charge is -1.98. The van der Waals surface area contributed by atoms with E-state index in [-0.39, 0.29) is 11.6 Å².